The minimum absolute atomic E-state index is 0.176. The number of aliphatic hydroxyl groups excluding tert-OH is 2. The van der Waals surface area contributed by atoms with Gasteiger partial charge in [0, 0.05) is 0 Å². The molecule has 0 aliphatic heterocycles. The molecule has 0 radical (unpaired) electrons. The van der Waals surface area contributed by atoms with Crippen molar-refractivity contribution in [2.45, 2.75) is 141 Å². The molecule has 0 aromatic heterocycles. The van der Waals surface area contributed by atoms with Crippen LogP contribution in [0.1, 0.15) is 129 Å². The maximum Gasteiger partial charge on any atom is 0.0894 e. The predicted molar refractivity (Wildman–Crippen MR) is 124 cm³/mol. The van der Waals surface area contributed by atoms with E-state index < -0.39 is 12.1 Å². The Bertz CT molecular complexity index is 320. The first-order valence-electron chi connectivity index (χ1n) is 12.4. The normalized spacial score (nSPS) is 14.0. The summed E-state index contributed by atoms with van der Waals surface area (Å²) in [4.78, 5) is 0. The standard InChI is InChI=1S/C25H51NO2/c1-2-3-4-5-6-7-8-9-10-11-12-13-14-15-16-17-18-19-20-21-22-25(28)24(26)23-27/h21-22,24-25,27-28H,2-20,23,26H2,1H3/b22-21+. The van der Waals surface area contributed by atoms with Gasteiger partial charge < -0.3 is 15.9 Å². The minimum Gasteiger partial charge on any atom is -0.395 e. The van der Waals surface area contributed by atoms with E-state index in [-0.39, 0.29) is 6.61 Å². The van der Waals surface area contributed by atoms with Crippen LogP contribution in [0.3, 0.4) is 0 Å². The highest BCUT2D eigenvalue weighted by Gasteiger charge is 2.08. The van der Waals surface area contributed by atoms with Crippen molar-refractivity contribution >= 4 is 0 Å². The van der Waals surface area contributed by atoms with Crippen LogP contribution in [0.15, 0.2) is 12.2 Å². The summed E-state index contributed by atoms with van der Waals surface area (Å²) in [6.07, 6.45) is 29.1. The van der Waals surface area contributed by atoms with Crippen LogP contribution in [0.2, 0.25) is 0 Å². The summed E-state index contributed by atoms with van der Waals surface area (Å²) in [7, 11) is 0. The molecule has 3 nitrogen and oxygen atoms in total. The van der Waals surface area contributed by atoms with E-state index in [4.69, 9.17) is 10.8 Å². The third-order valence-corrected chi connectivity index (χ3v) is 5.71. The van der Waals surface area contributed by atoms with Crippen molar-refractivity contribution in [3.8, 4) is 0 Å². The van der Waals surface area contributed by atoms with Crippen LogP contribution in [-0.4, -0.2) is 29.0 Å². The molecule has 0 saturated heterocycles. The first-order valence-corrected chi connectivity index (χ1v) is 12.4. The van der Waals surface area contributed by atoms with Gasteiger partial charge in [-0.1, -0.05) is 128 Å². The lowest BCUT2D eigenvalue weighted by Crippen LogP contribution is -2.36. The molecule has 0 aliphatic carbocycles. The molecule has 168 valence electrons. The van der Waals surface area contributed by atoms with Gasteiger partial charge in [-0.3, -0.25) is 0 Å². The summed E-state index contributed by atoms with van der Waals surface area (Å²) in [5.74, 6) is 0. The van der Waals surface area contributed by atoms with Gasteiger partial charge in [-0.15, -0.1) is 0 Å². The van der Waals surface area contributed by atoms with E-state index in [0.717, 1.165) is 6.42 Å². The Kier molecular flexibility index (Phi) is 22.6. The van der Waals surface area contributed by atoms with Crippen LogP contribution in [0.4, 0.5) is 0 Å². The fraction of sp³-hybridized carbons (Fsp3) is 0.920. The number of aliphatic hydroxyl groups is 2. The van der Waals surface area contributed by atoms with Gasteiger partial charge in [0.25, 0.3) is 0 Å². The van der Waals surface area contributed by atoms with Crippen LogP contribution < -0.4 is 5.73 Å². The Labute approximate surface area is 176 Å². The highest BCUT2D eigenvalue weighted by Crippen LogP contribution is 2.14. The summed E-state index contributed by atoms with van der Waals surface area (Å²) in [6, 6.07) is -0.559. The van der Waals surface area contributed by atoms with Crippen molar-refractivity contribution in [2.75, 3.05) is 6.61 Å². The highest BCUT2D eigenvalue weighted by molar-refractivity contribution is 4.93. The number of rotatable bonds is 22. The largest absolute Gasteiger partial charge is 0.395 e. The van der Waals surface area contributed by atoms with Crippen molar-refractivity contribution in [3.63, 3.8) is 0 Å². The molecule has 0 bridgehead atoms. The molecule has 0 aromatic rings. The molecule has 0 heterocycles. The van der Waals surface area contributed by atoms with Gasteiger partial charge in [0.15, 0.2) is 0 Å². The second kappa shape index (κ2) is 22.9. The van der Waals surface area contributed by atoms with Gasteiger partial charge >= 0.3 is 0 Å². The summed E-state index contributed by atoms with van der Waals surface area (Å²) < 4.78 is 0. The lowest BCUT2D eigenvalue weighted by Gasteiger charge is -2.11. The van der Waals surface area contributed by atoms with Crippen LogP contribution in [0, 0.1) is 0 Å². The summed E-state index contributed by atoms with van der Waals surface area (Å²) in [5.41, 5.74) is 5.55. The van der Waals surface area contributed by atoms with Crippen LogP contribution >= 0.6 is 0 Å². The zero-order valence-corrected chi connectivity index (χ0v) is 18.9. The van der Waals surface area contributed by atoms with E-state index in [1.54, 1.807) is 6.08 Å². The molecule has 2 unspecified atom stereocenters. The number of allylic oxidation sites excluding steroid dienone is 1. The van der Waals surface area contributed by atoms with Gasteiger partial charge in [0.2, 0.25) is 0 Å². The number of nitrogens with two attached hydrogens (primary N) is 1. The lowest BCUT2D eigenvalue weighted by atomic mass is 10.0. The quantitative estimate of drug-likeness (QED) is 0.141. The molecule has 0 rings (SSSR count). The van der Waals surface area contributed by atoms with Gasteiger partial charge in [-0.25, -0.2) is 0 Å². The second-order valence-corrected chi connectivity index (χ2v) is 8.56. The molecule has 0 amide bonds. The molecule has 0 fully saturated rings. The second-order valence-electron chi connectivity index (χ2n) is 8.56. The number of hydrogen-bond donors (Lipinski definition) is 3. The van der Waals surface area contributed by atoms with Crippen molar-refractivity contribution in [1.82, 2.24) is 0 Å². The number of hydrogen-bond acceptors (Lipinski definition) is 3. The Hall–Kier alpha value is -0.380. The van der Waals surface area contributed by atoms with Crippen LogP contribution in [-0.2, 0) is 0 Å². The third kappa shape index (κ3) is 20.4. The molecular formula is C25H51NO2. The zero-order chi connectivity index (χ0) is 20.7. The maximum absolute atomic E-state index is 9.60. The maximum atomic E-state index is 9.60. The van der Waals surface area contributed by atoms with Gasteiger partial charge in [-0.2, -0.15) is 0 Å². The molecule has 28 heavy (non-hydrogen) atoms. The van der Waals surface area contributed by atoms with Crippen molar-refractivity contribution in [2.24, 2.45) is 5.73 Å². The average molecular weight is 398 g/mol. The van der Waals surface area contributed by atoms with Crippen LogP contribution in [0.5, 0.6) is 0 Å². The zero-order valence-electron chi connectivity index (χ0n) is 18.9. The molecule has 0 aliphatic rings. The minimum atomic E-state index is -0.722. The summed E-state index contributed by atoms with van der Waals surface area (Å²) >= 11 is 0. The molecular weight excluding hydrogens is 346 g/mol. The van der Waals surface area contributed by atoms with Crippen LogP contribution in [0.25, 0.3) is 0 Å². The van der Waals surface area contributed by atoms with E-state index in [1.807, 2.05) is 6.08 Å². The van der Waals surface area contributed by atoms with E-state index in [1.165, 1.54) is 116 Å². The molecule has 0 aromatic carbocycles. The van der Waals surface area contributed by atoms with Gasteiger partial charge in [0.05, 0.1) is 18.8 Å². The lowest BCUT2D eigenvalue weighted by molar-refractivity contribution is 0.144. The van der Waals surface area contributed by atoms with E-state index in [9.17, 15) is 5.11 Å². The summed E-state index contributed by atoms with van der Waals surface area (Å²) in [5, 5.41) is 18.4. The predicted octanol–water partition coefficient (Wildman–Crippen LogP) is 6.65. The van der Waals surface area contributed by atoms with Gasteiger partial charge in [0.1, 0.15) is 0 Å². The fourth-order valence-electron chi connectivity index (χ4n) is 3.65. The van der Waals surface area contributed by atoms with E-state index in [2.05, 4.69) is 6.92 Å². The smallest absolute Gasteiger partial charge is 0.0894 e. The Morgan fingerprint density at radius 1 is 0.643 bits per heavy atom. The third-order valence-electron chi connectivity index (χ3n) is 5.71. The fourth-order valence-corrected chi connectivity index (χ4v) is 3.65. The van der Waals surface area contributed by atoms with Crippen molar-refractivity contribution in [1.29, 1.82) is 0 Å². The van der Waals surface area contributed by atoms with Crippen molar-refractivity contribution < 1.29 is 10.2 Å². The molecule has 2 atom stereocenters. The highest BCUT2D eigenvalue weighted by atomic mass is 16.3. The van der Waals surface area contributed by atoms with Crippen molar-refractivity contribution in [3.05, 3.63) is 12.2 Å². The average Bonchev–Trinajstić information content (AvgIpc) is 2.71. The Morgan fingerprint density at radius 3 is 1.36 bits per heavy atom. The molecule has 3 heteroatoms. The van der Waals surface area contributed by atoms with E-state index >= 15 is 0 Å². The van der Waals surface area contributed by atoms with E-state index in [0.29, 0.717) is 0 Å². The molecule has 4 N–H and O–H groups in total. The monoisotopic (exact) mass is 397 g/mol. The first kappa shape index (κ1) is 27.6. The summed E-state index contributed by atoms with van der Waals surface area (Å²) in [6.45, 7) is 2.11. The number of unbranched alkanes of at least 4 members (excludes halogenated alkanes) is 18. The molecule has 0 saturated carbocycles. The van der Waals surface area contributed by atoms with Gasteiger partial charge in [-0.05, 0) is 12.8 Å². The Balaban J connectivity index is 3.13. The SMILES string of the molecule is CCCCCCCCCCCCCCCCCCCC/C=C/C(O)C(N)CO. The first-order chi connectivity index (χ1) is 13.7. The molecule has 0 spiro atoms. The topological polar surface area (TPSA) is 66.5 Å². The Morgan fingerprint density at radius 2 is 1.00 bits per heavy atom.